The molecule has 0 aromatic heterocycles. The molecular formula is C23H24Cl2N2O2. The van der Waals surface area contributed by atoms with Gasteiger partial charge in [0.25, 0.3) is 0 Å². The normalized spacial score (nSPS) is 23.8. The molecule has 0 saturated heterocycles. The second-order valence-corrected chi connectivity index (χ2v) is 8.93. The Morgan fingerprint density at radius 1 is 1.07 bits per heavy atom. The monoisotopic (exact) mass is 430 g/mol. The molecule has 29 heavy (non-hydrogen) atoms. The summed E-state index contributed by atoms with van der Waals surface area (Å²) in [4.78, 5) is 0. The molecule has 2 heterocycles. The molecule has 0 bridgehead atoms. The van der Waals surface area contributed by atoms with Crippen molar-refractivity contribution in [3.63, 3.8) is 0 Å². The third kappa shape index (κ3) is 3.47. The number of nitrogens with zero attached hydrogens (tertiary/aromatic N) is 2. The smallest absolute Gasteiger partial charge is 0.190 e. The number of ether oxygens (including phenoxy) is 2. The molecule has 3 aliphatic rings. The Morgan fingerprint density at radius 2 is 1.83 bits per heavy atom. The van der Waals surface area contributed by atoms with Crippen LogP contribution >= 0.6 is 23.2 Å². The highest BCUT2D eigenvalue weighted by Gasteiger charge is 2.44. The van der Waals surface area contributed by atoms with E-state index in [4.69, 9.17) is 37.8 Å². The maximum absolute atomic E-state index is 6.55. The van der Waals surface area contributed by atoms with Gasteiger partial charge in [0.2, 0.25) is 0 Å². The van der Waals surface area contributed by atoms with Gasteiger partial charge in [0.1, 0.15) is 11.5 Å². The van der Waals surface area contributed by atoms with Gasteiger partial charge in [-0.3, -0.25) is 0 Å². The highest BCUT2D eigenvalue weighted by Crippen LogP contribution is 2.49. The molecule has 2 aliphatic heterocycles. The van der Waals surface area contributed by atoms with Crippen LogP contribution in [0.3, 0.4) is 0 Å². The highest BCUT2D eigenvalue weighted by atomic mass is 35.5. The van der Waals surface area contributed by atoms with Crippen LogP contribution < -0.4 is 9.47 Å². The fourth-order valence-electron chi connectivity index (χ4n) is 4.83. The third-order valence-electron chi connectivity index (χ3n) is 6.31. The van der Waals surface area contributed by atoms with Crippen LogP contribution in [0.5, 0.6) is 11.5 Å². The van der Waals surface area contributed by atoms with Crippen LogP contribution in [0.2, 0.25) is 10.0 Å². The summed E-state index contributed by atoms with van der Waals surface area (Å²) < 4.78 is 11.8. The van der Waals surface area contributed by atoms with Crippen LogP contribution in [-0.4, -0.2) is 24.1 Å². The molecule has 2 aromatic carbocycles. The van der Waals surface area contributed by atoms with E-state index >= 15 is 0 Å². The first kappa shape index (κ1) is 19.1. The predicted molar refractivity (Wildman–Crippen MR) is 116 cm³/mol. The second kappa shape index (κ2) is 7.73. The van der Waals surface area contributed by atoms with Gasteiger partial charge in [0.05, 0.1) is 23.9 Å². The van der Waals surface area contributed by atoms with Gasteiger partial charge in [0.15, 0.2) is 6.23 Å². The number of halogens is 2. The van der Waals surface area contributed by atoms with Crippen LogP contribution in [0.25, 0.3) is 0 Å². The minimum absolute atomic E-state index is 0.0813. The number of hydrogen-bond acceptors (Lipinski definition) is 4. The summed E-state index contributed by atoms with van der Waals surface area (Å²) in [5.74, 6) is 2.08. The predicted octanol–water partition coefficient (Wildman–Crippen LogP) is 6.45. The Balaban J connectivity index is 1.54. The van der Waals surface area contributed by atoms with Gasteiger partial charge in [-0.25, -0.2) is 5.01 Å². The van der Waals surface area contributed by atoms with Crippen molar-refractivity contribution in [2.24, 2.45) is 11.0 Å². The summed E-state index contributed by atoms with van der Waals surface area (Å²) in [6, 6.07) is 11.9. The van der Waals surface area contributed by atoms with Crippen LogP contribution in [0.15, 0.2) is 41.5 Å². The molecule has 5 rings (SSSR count). The fourth-order valence-corrected chi connectivity index (χ4v) is 5.38. The van der Waals surface area contributed by atoms with E-state index in [-0.39, 0.29) is 12.3 Å². The van der Waals surface area contributed by atoms with Crippen molar-refractivity contribution in [1.82, 2.24) is 5.01 Å². The lowest BCUT2D eigenvalue weighted by atomic mass is 9.86. The Morgan fingerprint density at radius 3 is 2.55 bits per heavy atom. The maximum Gasteiger partial charge on any atom is 0.190 e. The first-order chi connectivity index (χ1) is 14.1. The van der Waals surface area contributed by atoms with Crippen molar-refractivity contribution in [1.29, 1.82) is 0 Å². The van der Waals surface area contributed by atoms with E-state index in [2.05, 4.69) is 17.1 Å². The number of hydrogen-bond donors (Lipinski definition) is 0. The van der Waals surface area contributed by atoms with E-state index in [0.717, 1.165) is 34.8 Å². The maximum atomic E-state index is 6.55. The molecule has 0 amide bonds. The summed E-state index contributed by atoms with van der Waals surface area (Å²) in [6.07, 6.45) is 6.87. The zero-order valence-electron chi connectivity index (χ0n) is 16.4. The van der Waals surface area contributed by atoms with Crippen molar-refractivity contribution < 1.29 is 9.47 Å². The molecule has 1 saturated carbocycles. The molecule has 0 unspecified atom stereocenters. The number of hydrazone groups is 1. The van der Waals surface area contributed by atoms with Gasteiger partial charge < -0.3 is 9.47 Å². The Bertz CT molecular complexity index is 939. The molecule has 6 heteroatoms. The van der Waals surface area contributed by atoms with Crippen molar-refractivity contribution >= 4 is 28.9 Å². The lowest BCUT2D eigenvalue weighted by molar-refractivity contribution is -0.0642. The van der Waals surface area contributed by atoms with Crippen LogP contribution in [0.4, 0.5) is 0 Å². The van der Waals surface area contributed by atoms with Gasteiger partial charge in [-0.15, -0.1) is 0 Å². The summed E-state index contributed by atoms with van der Waals surface area (Å²) in [5, 5.41) is 8.44. The summed E-state index contributed by atoms with van der Waals surface area (Å²) >= 11 is 12.9. The van der Waals surface area contributed by atoms with E-state index < -0.39 is 0 Å². The highest BCUT2D eigenvalue weighted by molar-refractivity contribution is 6.35. The minimum atomic E-state index is -0.0813. The van der Waals surface area contributed by atoms with E-state index in [9.17, 15) is 0 Å². The third-order valence-corrected chi connectivity index (χ3v) is 6.81. The Labute approximate surface area is 181 Å². The molecule has 4 nitrogen and oxygen atoms in total. The SMILES string of the molecule is COc1ccc(C2=NN3[C@@H](C2)c2cc(Cl)cc(Cl)c2O[C@H]3C2CCCCC2)cc1. The summed E-state index contributed by atoms with van der Waals surface area (Å²) in [7, 11) is 1.68. The zero-order chi connectivity index (χ0) is 20.0. The molecular weight excluding hydrogens is 407 g/mol. The first-order valence-electron chi connectivity index (χ1n) is 10.3. The van der Waals surface area contributed by atoms with Gasteiger partial charge in [0, 0.05) is 22.9 Å². The van der Waals surface area contributed by atoms with Crippen LogP contribution in [0, 0.1) is 5.92 Å². The molecule has 2 aromatic rings. The van der Waals surface area contributed by atoms with Crippen LogP contribution in [-0.2, 0) is 0 Å². The summed E-state index contributed by atoms with van der Waals surface area (Å²) in [6.45, 7) is 0. The zero-order valence-corrected chi connectivity index (χ0v) is 17.9. The van der Waals surface area contributed by atoms with Gasteiger partial charge in [-0.05, 0) is 54.8 Å². The lowest BCUT2D eigenvalue weighted by Gasteiger charge is -2.43. The Hall–Kier alpha value is -1.91. The quantitative estimate of drug-likeness (QED) is 0.560. The molecule has 0 spiro atoms. The van der Waals surface area contributed by atoms with E-state index in [0.29, 0.717) is 16.0 Å². The molecule has 0 N–H and O–H groups in total. The average molecular weight is 431 g/mol. The van der Waals surface area contributed by atoms with Crippen molar-refractivity contribution in [3.05, 3.63) is 57.6 Å². The topological polar surface area (TPSA) is 34.1 Å². The largest absolute Gasteiger partial charge is 0.497 e. The molecule has 1 fully saturated rings. The standard InChI is InChI=1S/C23H24Cl2N2O2/c1-28-17-9-7-14(8-10-17)20-13-21-18-11-16(24)12-19(25)22(18)29-23(27(21)26-20)15-5-3-2-4-6-15/h7-12,15,21,23H,2-6,13H2,1H3/t21-,23-/m0/s1. The van der Waals surface area contributed by atoms with Gasteiger partial charge in [-0.1, -0.05) is 42.5 Å². The number of benzene rings is 2. The molecule has 0 radical (unpaired) electrons. The van der Waals surface area contributed by atoms with Crippen molar-refractivity contribution in [3.8, 4) is 11.5 Å². The fraction of sp³-hybridized carbons (Fsp3) is 0.435. The number of methoxy groups -OCH3 is 1. The number of fused-ring (bicyclic) bond motifs is 3. The van der Waals surface area contributed by atoms with Gasteiger partial charge >= 0.3 is 0 Å². The lowest BCUT2D eigenvalue weighted by Crippen LogP contribution is -2.46. The van der Waals surface area contributed by atoms with Crippen molar-refractivity contribution in [2.45, 2.75) is 50.8 Å². The van der Waals surface area contributed by atoms with E-state index in [1.54, 1.807) is 13.2 Å². The van der Waals surface area contributed by atoms with E-state index in [1.165, 1.54) is 32.1 Å². The minimum Gasteiger partial charge on any atom is -0.497 e. The summed E-state index contributed by atoms with van der Waals surface area (Å²) in [5.41, 5.74) is 3.20. The first-order valence-corrected chi connectivity index (χ1v) is 11.1. The molecule has 2 atom stereocenters. The number of rotatable bonds is 3. The second-order valence-electron chi connectivity index (χ2n) is 8.09. The van der Waals surface area contributed by atoms with Crippen molar-refractivity contribution in [2.75, 3.05) is 7.11 Å². The van der Waals surface area contributed by atoms with Crippen LogP contribution in [0.1, 0.15) is 55.7 Å². The van der Waals surface area contributed by atoms with Gasteiger partial charge in [-0.2, -0.15) is 5.10 Å². The Kier molecular flexibility index (Phi) is 5.09. The molecule has 152 valence electrons. The van der Waals surface area contributed by atoms with E-state index in [1.807, 2.05) is 18.2 Å². The molecule has 1 aliphatic carbocycles. The average Bonchev–Trinajstić information content (AvgIpc) is 3.20.